The molecule has 0 saturated carbocycles. The number of hydrogen-bond donors (Lipinski definition) is 2. The Labute approximate surface area is 124 Å². The molecule has 0 radical (unpaired) electrons. The molecule has 7 heteroatoms. The largest absolute Gasteiger partial charge is 0.361 e. The van der Waals surface area contributed by atoms with Crippen molar-refractivity contribution < 1.29 is 12.9 Å². The first kappa shape index (κ1) is 15.5. The quantitative estimate of drug-likeness (QED) is 0.817. The Kier molecular flexibility index (Phi) is 4.98. The van der Waals surface area contributed by atoms with Gasteiger partial charge < -0.3 is 9.84 Å². The van der Waals surface area contributed by atoms with Gasteiger partial charge in [0, 0.05) is 18.3 Å². The van der Waals surface area contributed by atoms with Crippen LogP contribution in [0.4, 0.5) is 5.69 Å². The Morgan fingerprint density at radius 1 is 1.24 bits per heavy atom. The highest BCUT2D eigenvalue weighted by Gasteiger charge is 2.14. The normalized spacial score (nSPS) is 11.5. The second-order valence-corrected chi connectivity index (χ2v) is 6.49. The predicted molar refractivity (Wildman–Crippen MR) is 81.3 cm³/mol. The molecule has 0 aliphatic heterocycles. The zero-order valence-electron chi connectivity index (χ0n) is 12.1. The summed E-state index contributed by atoms with van der Waals surface area (Å²) in [6.07, 6.45) is 0. The van der Waals surface area contributed by atoms with Gasteiger partial charge in [-0.3, -0.25) is 4.72 Å². The van der Waals surface area contributed by atoms with Crippen molar-refractivity contribution in [2.24, 2.45) is 0 Å². The third kappa shape index (κ3) is 4.87. The first-order valence-corrected chi connectivity index (χ1v) is 8.36. The van der Waals surface area contributed by atoms with Crippen LogP contribution in [0.15, 0.2) is 34.9 Å². The smallest absolute Gasteiger partial charge is 0.238 e. The van der Waals surface area contributed by atoms with E-state index in [0.717, 1.165) is 18.7 Å². The minimum Gasteiger partial charge on any atom is -0.361 e. The summed E-state index contributed by atoms with van der Waals surface area (Å²) in [5.74, 6) is 0.386. The zero-order chi connectivity index (χ0) is 15.3. The van der Waals surface area contributed by atoms with Crippen LogP contribution in [0.1, 0.15) is 23.9 Å². The van der Waals surface area contributed by atoms with Gasteiger partial charge in [0.25, 0.3) is 0 Å². The highest BCUT2D eigenvalue weighted by molar-refractivity contribution is 7.91. The number of benzene rings is 1. The molecule has 0 spiro atoms. The van der Waals surface area contributed by atoms with Gasteiger partial charge in [-0.15, -0.1) is 0 Å². The molecule has 6 nitrogen and oxygen atoms in total. The molecule has 0 amide bonds. The van der Waals surface area contributed by atoms with E-state index in [1.54, 1.807) is 25.1 Å². The Morgan fingerprint density at radius 2 is 1.95 bits per heavy atom. The van der Waals surface area contributed by atoms with Gasteiger partial charge in [-0.05, 0) is 31.2 Å². The highest BCUT2D eigenvalue weighted by atomic mass is 32.2. The van der Waals surface area contributed by atoms with Gasteiger partial charge in [0.05, 0.1) is 0 Å². The molecule has 0 aliphatic rings. The van der Waals surface area contributed by atoms with Gasteiger partial charge in [0.1, 0.15) is 17.2 Å². The molecule has 0 aliphatic carbocycles. The van der Waals surface area contributed by atoms with Gasteiger partial charge in [0.15, 0.2) is 0 Å². The lowest BCUT2D eigenvalue weighted by atomic mass is 10.2. The third-order valence-electron chi connectivity index (χ3n) is 2.82. The van der Waals surface area contributed by atoms with E-state index in [4.69, 9.17) is 4.52 Å². The average molecular weight is 309 g/mol. The summed E-state index contributed by atoms with van der Waals surface area (Å²) in [5, 5.41) is 6.90. The molecule has 1 heterocycles. The van der Waals surface area contributed by atoms with E-state index in [-0.39, 0.29) is 5.75 Å². The van der Waals surface area contributed by atoms with Crippen LogP contribution < -0.4 is 10.0 Å². The lowest BCUT2D eigenvalue weighted by Gasteiger charge is -2.08. The number of nitrogens with zero attached hydrogens (tertiary/aromatic N) is 1. The van der Waals surface area contributed by atoms with Crippen molar-refractivity contribution in [2.45, 2.75) is 26.1 Å². The number of sulfonamides is 1. The van der Waals surface area contributed by atoms with Gasteiger partial charge in [-0.25, -0.2) is 8.42 Å². The SMILES string of the molecule is CCNCc1ccc(NS(=O)(=O)Cc2cc(C)on2)cc1. The van der Waals surface area contributed by atoms with E-state index >= 15 is 0 Å². The summed E-state index contributed by atoms with van der Waals surface area (Å²) in [6.45, 7) is 5.42. The van der Waals surface area contributed by atoms with Crippen molar-refractivity contribution in [1.82, 2.24) is 10.5 Å². The van der Waals surface area contributed by atoms with E-state index in [1.165, 1.54) is 0 Å². The van der Waals surface area contributed by atoms with Crippen molar-refractivity contribution >= 4 is 15.7 Å². The molecule has 1 aromatic carbocycles. The van der Waals surface area contributed by atoms with Crippen molar-refractivity contribution in [3.05, 3.63) is 47.3 Å². The van der Waals surface area contributed by atoms with Crippen LogP contribution in [0.5, 0.6) is 0 Å². The number of aromatic nitrogens is 1. The van der Waals surface area contributed by atoms with Gasteiger partial charge >= 0.3 is 0 Å². The number of aryl methyl sites for hydroxylation is 1. The fraction of sp³-hybridized carbons (Fsp3) is 0.357. The maximum atomic E-state index is 12.0. The van der Waals surface area contributed by atoms with E-state index in [0.29, 0.717) is 17.1 Å². The molecule has 2 N–H and O–H groups in total. The first-order chi connectivity index (χ1) is 9.98. The minimum atomic E-state index is -3.49. The fourth-order valence-corrected chi connectivity index (χ4v) is 2.95. The fourth-order valence-electron chi connectivity index (χ4n) is 1.86. The molecule has 2 rings (SSSR count). The molecule has 1 aromatic heterocycles. The Balaban J connectivity index is 1.99. The molecule has 2 aromatic rings. The molecule has 21 heavy (non-hydrogen) atoms. The van der Waals surface area contributed by atoms with E-state index in [9.17, 15) is 8.42 Å². The van der Waals surface area contributed by atoms with Gasteiger partial charge in [-0.1, -0.05) is 24.2 Å². The van der Waals surface area contributed by atoms with E-state index < -0.39 is 10.0 Å². The van der Waals surface area contributed by atoms with Crippen LogP contribution in [0, 0.1) is 6.92 Å². The van der Waals surface area contributed by atoms with Crippen LogP contribution in [0.25, 0.3) is 0 Å². The molecule has 0 bridgehead atoms. The Hall–Kier alpha value is -1.86. The highest BCUT2D eigenvalue weighted by Crippen LogP contribution is 2.14. The van der Waals surface area contributed by atoms with Crippen LogP contribution in [0.2, 0.25) is 0 Å². The van der Waals surface area contributed by atoms with Crippen molar-refractivity contribution in [1.29, 1.82) is 0 Å². The number of nitrogens with one attached hydrogen (secondary N) is 2. The lowest BCUT2D eigenvalue weighted by molar-refractivity contribution is 0.392. The van der Waals surface area contributed by atoms with Gasteiger partial charge in [-0.2, -0.15) is 0 Å². The summed E-state index contributed by atoms with van der Waals surface area (Å²) in [5.41, 5.74) is 2.03. The average Bonchev–Trinajstić information content (AvgIpc) is 2.82. The van der Waals surface area contributed by atoms with E-state index in [1.807, 2.05) is 19.1 Å². The minimum absolute atomic E-state index is 0.205. The first-order valence-electron chi connectivity index (χ1n) is 6.71. The van der Waals surface area contributed by atoms with Crippen molar-refractivity contribution in [3.63, 3.8) is 0 Å². The molecular formula is C14H19N3O3S. The second kappa shape index (κ2) is 6.73. The molecule has 0 atom stereocenters. The van der Waals surface area contributed by atoms with Crippen LogP contribution in [0.3, 0.4) is 0 Å². The van der Waals surface area contributed by atoms with E-state index in [2.05, 4.69) is 15.2 Å². The zero-order valence-corrected chi connectivity index (χ0v) is 12.9. The van der Waals surface area contributed by atoms with Crippen LogP contribution in [-0.2, 0) is 22.3 Å². The summed E-state index contributed by atoms with van der Waals surface area (Å²) >= 11 is 0. The summed E-state index contributed by atoms with van der Waals surface area (Å²) in [7, 11) is -3.49. The lowest BCUT2D eigenvalue weighted by Crippen LogP contribution is -2.15. The number of anilines is 1. The maximum absolute atomic E-state index is 12.0. The molecular weight excluding hydrogens is 290 g/mol. The van der Waals surface area contributed by atoms with Crippen molar-refractivity contribution in [2.75, 3.05) is 11.3 Å². The third-order valence-corrected chi connectivity index (χ3v) is 4.04. The number of rotatable bonds is 7. The van der Waals surface area contributed by atoms with Crippen molar-refractivity contribution in [3.8, 4) is 0 Å². The Morgan fingerprint density at radius 3 is 2.52 bits per heavy atom. The maximum Gasteiger partial charge on any atom is 0.238 e. The monoisotopic (exact) mass is 309 g/mol. The standard InChI is InChI=1S/C14H19N3O3S/c1-3-15-9-12-4-6-13(7-5-12)17-21(18,19)10-14-8-11(2)20-16-14/h4-8,15,17H,3,9-10H2,1-2H3. The molecule has 0 unspecified atom stereocenters. The second-order valence-electron chi connectivity index (χ2n) is 4.77. The molecule has 0 saturated heterocycles. The van der Waals surface area contributed by atoms with Gasteiger partial charge in [0.2, 0.25) is 10.0 Å². The topological polar surface area (TPSA) is 84.2 Å². The van der Waals surface area contributed by atoms with Crippen LogP contribution >= 0.6 is 0 Å². The Bertz CT molecular complexity index is 678. The molecule has 0 fully saturated rings. The molecule has 114 valence electrons. The predicted octanol–water partition coefficient (Wildman–Crippen LogP) is 2.03. The summed E-state index contributed by atoms with van der Waals surface area (Å²) < 4.78 is 31.5. The van der Waals surface area contributed by atoms with Crippen LogP contribution in [-0.4, -0.2) is 20.1 Å². The summed E-state index contributed by atoms with van der Waals surface area (Å²) in [4.78, 5) is 0. The number of hydrogen-bond acceptors (Lipinski definition) is 5. The summed E-state index contributed by atoms with van der Waals surface area (Å²) in [6, 6.07) is 8.89.